The van der Waals surface area contributed by atoms with Crippen LogP contribution in [0.1, 0.15) is 31.7 Å². The molecule has 2 rings (SSSR count). The summed E-state index contributed by atoms with van der Waals surface area (Å²) in [5.74, 6) is 0.932. The van der Waals surface area contributed by atoms with Gasteiger partial charge in [0.1, 0.15) is 0 Å². The highest BCUT2D eigenvalue weighted by molar-refractivity contribution is 7.99. The monoisotopic (exact) mass is 293 g/mol. The van der Waals surface area contributed by atoms with E-state index in [1.807, 2.05) is 13.0 Å². The first-order chi connectivity index (χ1) is 9.56. The third-order valence-corrected chi connectivity index (χ3v) is 4.64. The van der Waals surface area contributed by atoms with Crippen LogP contribution in [0.15, 0.2) is 23.4 Å². The van der Waals surface area contributed by atoms with Crippen LogP contribution in [0, 0.1) is 6.92 Å². The molecule has 0 fully saturated rings. The number of imidazole rings is 1. The number of aryl methyl sites for hydroxylation is 1. The van der Waals surface area contributed by atoms with Gasteiger partial charge in [-0.2, -0.15) is 0 Å². The predicted octanol–water partition coefficient (Wildman–Crippen LogP) is 2.84. The van der Waals surface area contributed by atoms with Gasteiger partial charge in [0, 0.05) is 12.3 Å². The Bertz CT molecular complexity index is 563. The maximum Gasteiger partial charge on any atom is 0.166 e. The zero-order valence-electron chi connectivity index (χ0n) is 12.1. The van der Waals surface area contributed by atoms with Crippen molar-refractivity contribution < 1.29 is 5.11 Å². The smallest absolute Gasteiger partial charge is 0.166 e. The summed E-state index contributed by atoms with van der Waals surface area (Å²) in [4.78, 5) is 7.88. The third-order valence-electron chi connectivity index (χ3n) is 3.68. The molecule has 0 saturated heterocycles. The van der Waals surface area contributed by atoms with E-state index in [1.54, 1.807) is 11.8 Å². The van der Waals surface area contributed by atoms with E-state index in [4.69, 9.17) is 5.73 Å². The molecule has 1 unspecified atom stereocenters. The van der Waals surface area contributed by atoms with Crippen molar-refractivity contribution in [3.05, 3.63) is 23.8 Å². The molecule has 0 saturated carbocycles. The van der Waals surface area contributed by atoms with Crippen LogP contribution >= 0.6 is 11.8 Å². The average Bonchev–Trinajstić information content (AvgIpc) is 2.85. The van der Waals surface area contributed by atoms with Crippen molar-refractivity contribution in [1.29, 1.82) is 0 Å². The van der Waals surface area contributed by atoms with E-state index in [0.29, 0.717) is 13.0 Å². The highest BCUT2D eigenvalue weighted by atomic mass is 32.2. The van der Waals surface area contributed by atoms with Gasteiger partial charge in [0.25, 0.3) is 0 Å². The van der Waals surface area contributed by atoms with Gasteiger partial charge in [-0.3, -0.25) is 0 Å². The summed E-state index contributed by atoms with van der Waals surface area (Å²) in [6.45, 7) is 4.38. The Kier molecular flexibility index (Phi) is 5.07. The highest BCUT2D eigenvalue weighted by Gasteiger charge is 2.21. The van der Waals surface area contributed by atoms with Crippen LogP contribution < -0.4 is 5.73 Å². The van der Waals surface area contributed by atoms with Crippen molar-refractivity contribution in [2.75, 3.05) is 12.3 Å². The summed E-state index contributed by atoms with van der Waals surface area (Å²) < 4.78 is 0. The van der Waals surface area contributed by atoms with Crippen LogP contribution in [0.4, 0.5) is 0 Å². The van der Waals surface area contributed by atoms with Crippen molar-refractivity contribution in [1.82, 2.24) is 9.97 Å². The highest BCUT2D eigenvalue weighted by Crippen LogP contribution is 2.23. The number of rotatable bonds is 7. The Labute approximate surface area is 124 Å². The number of aliphatic hydroxyl groups is 1. The second kappa shape index (κ2) is 6.61. The number of nitrogens with two attached hydrogens (primary N) is 1. The molecule has 0 bridgehead atoms. The lowest BCUT2D eigenvalue weighted by atomic mass is 9.95. The fraction of sp³-hybridized carbons (Fsp3) is 0.533. The van der Waals surface area contributed by atoms with Crippen LogP contribution in [0.3, 0.4) is 0 Å². The lowest BCUT2D eigenvalue weighted by Crippen LogP contribution is -2.36. The third kappa shape index (κ3) is 3.75. The Hall–Kier alpha value is -1.04. The first-order valence-electron chi connectivity index (χ1n) is 7.08. The van der Waals surface area contributed by atoms with Gasteiger partial charge in [-0.15, -0.1) is 0 Å². The molecular formula is C15H23N3OS. The molecule has 1 aromatic carbocycles. The van der Waals surface area contributed by atoms with Crippen LogP contribution in [0.2, 0.25) is 0 Å². The Morgan fingerprint density at radius 1 is 1.45 bits per heavy atom. The molecule has 0 spiro atoms. The van der Waals surface area contributed by atoms with E-state index >= 15 is 0 Å². The van der Waals surface area contributed by atoms with Crippen molar-refractivity contribution in [3.8, 4) is 0 Å². The molecule has 1 aromatic heterocycles. The Morgan fingerprint density at radius 3 is 2.95 bits per heavy atom. The van der Waals surface area contributed by atoms with E-state index in [9.17, 15) is 5.11 Å². The topological polar surface area (TPSA) is 74.9 Å². The summed E-state index contributed by atoms with van der Waals surface area (Å²) in [7, 11) is 0. The van der Waals surface area contributed by atoms with Gasteiger partial charge < -0.3 is 15.8 Å². The lowest BCUT2D eigenvalue weighted by molar-refractivity contribution is 0.0360. The van der Waals surface area contributed by atoms with Gasteiger partial charge >= 0.3 is 0 Å². The fourth-order valence-corrected chi connectivity index (χ4v) is 2.99. The number of thioether (sulfide) groups is 1. The van der Waals surface area contributed by atoms with E-state index in [2.05, 4.69) is 29.0 Å². The van der Waals surface area contributed by atoms with Gasteiger partial charge in [-0.1, -0.05) is 24.8 Å². The zero-order chi connectivity index (χ0) is 14.6. The van der Waals surface area contributed by atoms with Gasteiger partial charge in [0.2, 0.25) is 0 Å². The Balaban J connectivity index is 1.87. The first kappa shape index (κ1) is 15.4. The minimum atomic E-state index is -0.703. The molecule has 0 aliphatic rings. The molecule has 0 aliphatic carbocycles. The summed E-state index contributed by atoms with van der Waals surface area (Å²) in [5, 5.41) is 11.1. The molecule has 1 heterocycles. The minimum absolute atomic E-state index is 0.331. The number of hydrogen-bond acceptors (Lipinski definition) is 4. The number of benzene rings is 1. The van der Waals surface area contributed by atoms with Gasteiger partial charge in [-0.05, 0) is 43.9 Å². The number of aromatic amines is 1. The average molecular weight is 293 g/mol. The standard InChI is InChI=1S/C15H23N3OS/c1-3-15(19,10-16)7-4-8-20-14-17-12-6-5-11(2)9-13(12)18-14/h5-6,9,19H,3-4,7-8,10,16H2,1-2H3,(H,17,18). The first-order valence-corrected chi connectivity index (χ1v) is 8.06. The molecule has 0 radical (unpaired) electrons. The molecule has 4 N–H and O–H groups in total. The molecule has 0 aliphatic heterocycles. The molecule has 2 aromatic rings. The number of nitrogens with zero attached hydrogens (tertiary/aromatic N) is 1. The van der Waals surface area contributed by atoms with Crippen molar-refractivity contribution in [2.24, 2.45) is 5.73 Å². The largest absolute Gasteiger partial charge is 0.389 e. The molecule has 0 amide bonds. The van der Waals surface area contributed by atoms with E-state index in [1.165, 1.54) is 5.56 Å². The quantitative estimate of drug-likeness (QED) is 0.542. The maximum absolute atomic E-state index is 10.1. The van der Waals surface area contributed by atoms with E-state index < -0.39 is 5.60 Å². The normalized spacial score (nSPS) is 14.6. The van der Waals surface area contributed by atoms with Gasteiger partial charge in [0.05, 0.1) is 16.6 Å². The SMILES string of the molecule is CCC(O)(CN)CCCSc1nc2ccc(C)cc2[nH]1. The molecule has 1 atom stereocenters. The molecular weight excluding hydrogens is 270 g/mol. The lowest BCUT2D eigenvalue weighted by Gasteiger charge is -2.24. The number of nitrogens with one attached hydrogen (secondary N) is 1. The number of H-pyrrole nitrogens is 1. The molecule has 20 heavy (non-hydrogen) atoms. The predicted molar refractivity (Wildman–Crippen MR) is 85.1 cm³/mol. The van der Waals surface area contributed by atoms with Crippen molar-refractivity contribution in [3.63, 3.8) is 0 Å². The Morgan fingerprint density at radius 2 is 2.25 bits per heavy atom. The van der Waals surface area contributed by atoms with Crippen LogP contribution in [-0.2, 0) is 0 Å². The number of fused-ring (bicyclic) bond motifs is 1. The maximum atomic E-state index is 10.1. The summed E-state index contributed by atoms with van der Waals surface area (Å²) >= 11 is 1.70. The van der Waals surface area contributed by atoms with E-state index in [-0.39, 0.29) is 0 Å². The van der Waals surface area contributed by atoms with Crippen molar-refractivity contribution in [2.45, 2.75) is 43.9 Å². The fourth-order valence-electron chi connectivity index (χ4n) is 2.16. The summed E-state index contributed by atoms with van der Waals surface area (Å²) in [5.41, 5.74) is 8.22. The van der Waals surface area contributed by atoms with E-state index in [0.717, 1.165) is 34.8 Å². The number of hydrogen-bond donors (Lipinski definition) is 3. The van der Waals surface area contributed by atoms with Crippen LogP contribution in [-0.4, -0.2) is 33.0 Å². The molecule has 110 valence electrons. The minimum Gasteiger partial charge on any atom is -0.389 e. The number of aromatic nitrogens is 2. The zero-order valence-corrected chi connectivity index (χ0v) is 13.0. The second-order valence-electron chi connectivity index (χ2n) is 5.30. The second-order valence-corrected chi connectivity index (χ2v) is 6.38. The molecule has 4 nitrogen and oxygen atoms in total. The van der Waals surface area contributed by atoms with Gasteiger partial charge in [-0.25, -0.2) is 4.98 Å². The van der Waals surface area contributed by atoms with Crippen molar-refractivity contribution >= 4 is 22.8 Å². The van der Waals surface area contributed by atoms with Gasteiger partial charge in [0.15, 0.2) is 5.16 Å². The summed E-state index contributed by atoms with van der Waals surface area (Å²) in [6.07, 6.45) is 2.38. The van der Waals surface area contributed by atoms with Crippen LogP contribution in [0.25, 0.3) is 11.0 Å². The van der Waals surface area contributed by atoms with Crippen LogP contribution in [0.5, 0.6) is 0 Å². The summed E-state index contributed by atoms with van der Waals surface area (Å²) in [6, 6.07) is 6.21. The molecule has 5 heteroatoms.